The summed E-state index contributed by atoms with van der Waals surface area (Å²) in [6.45, 7) is 2.83. The minimum Gasteiger partial charge on any atom is -0.337 e. The Labute approximate surface area is 152 Å². The molecule has 0 aliphatic carbocycles. The van der Waals surface area contributed by atoms with Gasteiger partial charge in [0.25, 0.3) is 11.5 Å². The average Bonchev–Trinajstić information content (AvgIpc) is 3.22. The summed E-state index contributed by atoms with van der Waals surface area (Å²) in [5, 5.41) is 4.67. The van der Waals surface area contributed by atoms with Crippen LogP contribution in [0.5, 0.6) is 0 Å². The molecule has 4 rings (SSSR count). The number of thiophene rings is 1. The van der Waals surface area contributed by atoms with Gasteiger partial charge in [-0.25, -0.2) is 9.97 Å². The number of amides is 1. The van der Waals surface area contributed by atoms with E-state index in [-0.39, 0.29) is 11.5 Å². The number of rotatable bonds is 2. The van der Waals surface area contributed by atoms with Crippen LogP contribution in [0.3, 0.4) is 0 Å². The maximum atomic E-state index is 12.8. The molecule has 0 unspecified atom stereocenters. The quantitative estimate of drug-likeness (QED) is 0.750. The van der Waals surface area contributed by atoms with Crippen molar-refractivity contribution < 1.29 is 4.79 Å². The molecule has 3 aromatic heterocycles. The van der Waals surface area contributed by atoms with Crippen molar-refractivity contribution in [3.05, 3.63) is 56.0 Å². The molecular weight excluding hydrogens is 356 g/mol. The second kappa shape index (κ2) is 6.53. The maximum Gasteiger partial charge on any atom is 0.273 e. The minimum absolute atomic E-state index is 0.0833. The second-order valence-electron chi connectivity index (χ2n) is 5.88. The van der Waals surface area contributed by atoms with Crippen molar-refractivity contribution in [3.8, 4) is 9.88 Å². The lowest BCUT2D eigenvalue weighted by atomic mass is 10.1. The Morgan fingerprint density at radius 3 is 2.88 bits per heavy atom. The van der Waals surface area contributed by atoms with Crippen molar-refractivity contribution in [1.29, 1.82) is 0 Å². The molecule has 0 spiro atoms. The number of hydrogen-bond acceptors (Lipinski definition) is 6. The van der Waals surface area contributed by atoms with Crippen molar-refractivity contribution in [1.82, 2.24) is 19.9 Å². The zero-order valence-corrected chi connectivity index (χ0v) is 15.2. The number of H-pyrrole nitrogens is 1. The first kappa shape index (κ1) is 16.2. The number of carbonyl (C=O) groups is 1. The summed E-state index contributed by atoms with van der Waals surface area (Å²) >= 11 is 3.09. The molecule has 0 saturated carbocycles. The number of fused-ring (bicyclic) bond motifs is 1. The van der Waals surface area contributed by atoms with Crippen LogP contribution in [-0.4, -0.2) is 38.8 Å². The van der Waals surface area contributed by atoms with Gasteiger partial charge in [-0.15, -0.1) is 22.7 Å². The van der Waals surface area contributed by atoms with Crippen LogP contribution >= 0.6 is 22.7 Å². The highest BCUT2D eigenvalue weighted by Crippen LogP contribution is 2.28. The summed E-state index contributed by atoms with van der Waals surface area (Å²) in [4.78, 5) is 39.4. The Morgan fingerprint density at radius 1 is 1.24 bits per heavy atom. The Kier molecular flexibility index (Phi) is 4.22. The molecule has 1 N–H and O–H groups in total. The zero-order valence-electron chi connectivity index (χ0n) is 13.6. The summed E-state index contributed by atoms with van der Waals surface area (Å²) < 4.78 is 0. The fraction of sp³-hybridized carbons (Fsp3) is 0.294. The van der Waals surface area contributed by atoms with E-state index in [4.69, 9.17) is 0 Å². The number of nitrogens with one attached hydrogen (secondary N) is 1. The standard InChI is InChI=1S/C17H16N4O2S2/c1-10-18-12-5-7-21(6-4-11(12)15(22)19-10)17(23)13-9-25-16(20-13)14-3-2-8-24-14/h2-3,8-9H,4-7H2,1H3,(H,18,19,22). The van der Waals surface area contributed by atoms with Crippen LogP contribution < -0.4 is 5.56 Å². The highest BCUT2D eigenvalue weighted by molar-refractivity contribution is 7.20. The molecule has 0 aromatic carbocycles. The van der Waals surface area contributed by atoms with Gasteiger partial charge in [0.15, 0.2) is 0 Å². The van der Waals surface area contributed by atoms with Crippen LogP contribution in [-0.2, 0) is 12.8 Å². The minimum atomic E-state index is -0.0922. The number of hydrogen-bond donors (Lipinski definition) is 1. The molecule has 0 atom stereocenters. The molecule has 25 heavy (non-hydrogen) atoms. The van der Waals surface area contributed by atoms with Gasteiger partial charge in [0.1, 0.15) is 16.5 Å². The van der Waals surface area contributed by atoms with E-state index in [1.165, 1.54) is 11.3 Å². The number of aromatic nitrogens is 3. The van der Waals surface area contributed by atoms with E-state index in [1.54, 1.807) is 23.2 Å². The number of nitrogens with zero attached hydrogens (tertiary/aromatic N) is 3. The number of carbonyl (C=O) groups excluding carboxylic acids is 1. The fourth-order valence-corrected chi connectivity index (χ4v) is 4.59. The first-order chi connectivity index (χ1) is 12.1. The zero-order chi connectivity index (χ0) is 17.4. The highest BCUT2D eigenvalue weighted by Gasteiger charge is 2.24. The smallest absolute Gasteiger partial charge is 0.273 e. The lowest BCUT2D eigenvalue weighted by Crippen LogP contribution is -2.33. The Balaban J connectivity index is 1.54. The lowest BCUT2D eigenvalue weighted by Gasteiger charge is -2.18. The van der Waals surface area contributed by atoms with Gasteiger partial charge < -0.3 is 9.88 Å². The van der Waals surface area contributed by atoms with Crippen molar-refractivity contribution >= 4 is 28.6 Å². The van der Waals surface area contributed by atoms with Crippen LogP contribution in [0.1, 0.15) is 27.6 Å². The molecule has 0 fully saturated rings. The fourth-order valence-electron chi connectivity index (χ4n) is 2.98. The molecule has 6 nitrogen and oxygen atoms in total. The number of aryl methyl sites for hydroxylation is 1. The monoisotopic (exact) mass is 372 g/mol. The third kappa shape index (κ3) is 3.14. The predicted octanol–water partition coefficient (Wildman–Crippen LogP) is 2.50. The van der Waals surface area contributed by atoms with E-state index in [2.05, 4.69) is 15.0 Å². The van der Waals surface area contributed by atoms with Crippen LogP contribution in [0, 0.1) is 6.92 Å². The van der Waals surface area contributed by atoms with E-state index < -0.39 is 0 Å². The third-order valence-corrected chi connectivity index (χ3v) is 6.09. The summed E-state index contributed by atoms with van der Waals surface area (Å²) in [6.07, 6.45) is 1.11. The lowest BCUT2D eigenvalue weighted by molar-refractivity contribution is 0.0758. The molecule has 1 aliphatic heterocycles. The van der Waals surface area contributed by atoms with E-state index in [1.807, 2.05) is 22.9 Å². The second-order valence-corrected chi connectivity index (χ2v) is 7.69. The van der Waals surface area contributed by atoms with Gasteiger partial charge in [0.2, 0.25) is 0 Å². The predicted molar refractivity (Wildman–Crippen MR) is 98.3 cm³/mol. The Hall–Kier alpha value is -2.32. The third-order valence-electron chi connectivity index (χ3n) is 4.21. The molecule has 0 radical (unpaired) electrons. The van der Waals surface area contributed by atoms with Crippen LogP contribution in [0.15, 0.2) is 27.7 Å². The van der Waals surface area contributed by atoms with Gasteiger partial charge in [-0.3, -0.25) is 9.59 Å². The van der Waals surface area contributed by atoms with Gasteiger partial charge in [-0.1, -0.05) is 6.07 Å². The van der Waals surface area contributed by atoms with Crippen molar-refractivity contribution in [2.24, 2.45) is 0 Å². The molecule has 8 heteroatoms. The molecule has 1 aliphatic rings. The highest BCUT2D eigenvalue weighted by atomic mass is 32.1. The molecule has 0 saturated heterocycles. The molecule has 4 heterocycles. The van der Waals surface area contributed by atoms with E-state index in [9.17, 15) is 9.59 Å². The normalized spacial score (nSPS) is 14.2. The van der Waals surface area contributed by atoms with E-state index in [0.717, 1.165) is 15.6 Å². The Bertz CT molecular complexity index is 975. The summed E-state index contributed by atoms with van der Waals surface area (Å²) in [5.74, 6) is 0.531. The van der Waals surface area contributed by atoms with Crippen molar-refractivity contribution in [2.75, 3.05) is 13.1 Å². The van der Waals surface area contributed by atoms with E-state index >= 15 is 0 Å². The van der Waals surface area contributed by atoms with Crippen molar-refractivity contribution in [2.45, 2.75) is 19.8 Å². The SMILES string of the molecule is Cc1nc2c(c(=O)[nH]1)CCN(C(=O)c1csc(-c3cccs3)n1)CC2. The molecule has 128 valence electrons. The van der Waals surface area contributed by atoms with Crippen LogP contribution in [0.25, 0.3) is 9.88 Å². The van der Waals surface area contributed by atoms with Gasteiger partial charge >= 0.3 is 0 Å². The molecular formula is C17H16N4O2S2. The molecule has 0 bridgehead atoms. The first-order valence-corrected chi connectivity index (χ1v) is 9.75. The van der Waals surface area contributed by atoms with Gasteiger partial charge in [0, 0.05) is 30.5 Å². The van der Waals surface area contributed by atoms with Crippen LogP contribution in [0.2, 0.25) is 0 Å². The molecule has 1 amide bonds. The summed E-state index contributed by atoms with van der Waals surface area (Å²) in [5.41, 5.74) is 1.87. The average molecular weight is 372 g/mol. The van der Waals surface area contributed by atoms with Gasteiger partial charge in [-0.2, -0.15) is 0 Å². The number of aromatic amines is 1. The Morgan fingerprint density at radius 2 is 2.08 bits per heavy atom. The topological polar surface area (TPSA) is 79.0 Å². The number of thiazole rings is 1. The summed E-state index contributed by atoms with van der Waals surface area (Å²) in [6, 6.07) is 3.97. The largest absolute Gasteiger partial charge is 0.337 e. The maximum absolute atomic E-state index is 12.8. The van der Waals surface area contributed by atoms with E-state index in [0.29, 0.717) is 43.0 Å². The molecule has 3 aromatic rings. The van der Waals surface area contributed by atoms with Gasteiger partial charge in [-0.05, 0) is 24.8 Å². The van der Waals surface area contributed by atoms with Gasteiger partial charge in [0.05, 0.1) is 10.6 Å². The van der Waals surface area contributed by atoms with Crippen LogP contribution in [0.4, 0.5) is 0 Å². The summed E-state index contributed by atoms with van der Waals surface area (Å²) in [7, 11) is 0. The van der Waals surface area contributed by atoms with Crippen molar-refractivity contribution in [3.63, 3.8) is 0 Å². The first-order valence-electron chi connectivity index (χ1n) is 7.99.